The number of hydrogen-bond acceptors (Lipinski definition) is 6. The third kappa shape index (κ3) is 4.17. The van der Waals surface area contributed by atoms with Crippen molar-refractivity contribution < 1.29 is 29.1 Å². The number of nitrogens with zero attached hydrogens (tertiary/aromatic N) is 2. The Hall–Kier alpha value is -0.630. The van der Waals surface area contributed by atoms with Crippen LogP contribution in [-0.2, 0) is 9.09 Å². The van der Waals surface area contributed by atoms with Gasteiger partial charge in [-0.05, 0) is 0 Å². The summed E-state index contributed by atoms with van der Waals surface area (Å²) in [5.41, 5.74) is 0. The Morgan fingerprint density at radius 1 is 1.47 bits per heavy atom. The van der Waals surface area contributed by atoms with Gasteiger partial charge in [-0.25, -0.2) is 9.56 Å². The van der Waals surface area contributed by atoms with Crippen LogP contribution in [0.15, 0.2) is 9.98 Å². The molecule has 0 unspecified atom stereocenters. The first-order valence-electron chi connectivity index (χ1n) is 4.01. The summed E-state index contributed by atoms with van der Waals surface area (Å²) < 4.78 is 14.3. The topological polar surface area (TPSA) is 132 Å². The predicted molar refractivity (Wildman–Crippen MR) is 50.8 cm³/mol. The van der Waals surface area contributed by atoms with Crippen LogP contribution in [0.4, 0.5) is 0 Å². The average Bonchev–Trinajstić information content (AvgIpc) is 2.64. The van der Waals surface area contributed by atoms with E-state index in [1.54, 1.807) is 0 Å². The smallest absolute Gasteiger partial charge is 0.388 e. The van der Waals surface area contributed by atoms with Crippen LogP contribution in [0.2, 0.25) is 0 Å². The Balaban J connectivity index is 2.39. The molecule has 1 rings (SSSR count). The van der Waals surface area contributed by atoms with Gasteiger partial charge in [-0.1, -0.05) is 0 Å². The first kappa shape index (κ1) is 12.4. The van der Waals surface area contributed by atoms with Crippen molar-refractivity contribution in [2.75, 3.05) is 6.61 Å². The normalized spacial score (nSPS) is 24.4. The van der Waals surface area contributed by atoms with Gasteiger partial charge in [-0.15, -0.1) is 0 Å². The second-order valence-electron chi connectivity index (χ2n) is 2.90. The molecule has 0 spiro atoms. The number of aliphatic hydroxyl groups is 2. The molecule has 0 aliphatic carbocycles. The average molecular weight is 238 g/mol. The molecule has 0 saturated carbocycles. The SMILES string of the molecule is O=P(O)(O)OC[C@@H](O)[C@@H](O)[C@H]1C=NC=N1. The second-order valence-corrected chi connectivity index (χ2v) is 4.14. The van der Waals surface area contributed by atoms with Crippen molar-refractivity contribution in [1.29, 1.82) is 0 Å². The standard InChI is InChI=1S/C6H11N2O6P/c9-5(2-14-15(11,12)13)6(10)4-1-7-3-8-4/h1,3-6,9-10H,2H2,(H2,11,12,13)/t4-,5-,6+/m1/s1. The fourth-order valence-electron chi connectivity index (χ4n) is 0.957. The quantitative estimate of drug-likeness (QED) is 0.422. The highest BCUT2D eigenvalue weighted by Gasteiger charge is 2.28. The molecule has 86 valence electrons. The van der Waals surface area contributed by atoms with Crippen LogP contribution in [0.25, 0.3) is 0 Å². The zero-order chi connectivity index (χ0) is 11.5. The van der Waals surface area contributed by atoms with Crippen molar-refractivity contribution in [1.82, 2.24) is 0 Å². The minimum absolute atomic E-state index is 0.675. The van der Waals surface area contributed by atoms with Gasteiger partial charge in [0.15, 0.2) is 0 Å². The third-order valence-electron chi connectivity index (χ3n) is 1.70. The third-order valence-corrected chi connectivity index (χ3v) is 2.19. The summed E-state index contributed by atoms with van der Waals surface area (Å²) in [6.45, 7) is -0.675. The summed E-state index contributed by atoms with van der Waals surface area (Å²) >= 11 is 0. The number of phosphoric ester groups is 1. The molecule has 9 heteroatoms. The van der Waals surface area contributed by atoms with Gasteiger partial charge in [0, 0.05) is 6.21 Å². The van der Waals surface area contributed by atoms with Crippen LogP contribution in [0.5, 0.6) is 0 Å². The second kappa shape index (κ2) is 4.93. The zero-order valence-electron chi connectivity index (χ0n) is 7.54. The fraction of sp³-hybridized carbons (Fsp3) is 0.667. The van der Waals surface area contributed by atoms with E-state index in [0.717, 1.165) is 0 Å². The molecule has 1 aliphatic heterocycles. The van der Waals surface area contributed by atoms with Gasteiger partial charge in [0.05, 0.1) is 6.61 Å². The van der Waals surface area contributed by atoms with Gasteiger partial charge < -0.3 is 20.0 Å². The van der Waals surface area contributed by atoms with E-state index >= 15 is 0 Å². The summed E-state index contributed by atoms with van der Waals surface area (Å²) in [7, 11) is -4.63. The van der Waals surface area contributed by atoms with Crippen LogP contribution < -0.4 is 0 Å². The minimum Gasteiger partial charge on any atom is -0.388 e. The molecular formula is C6H11N2O6P. The van der Waals surface area contributed by atoms with Crippen LogP contribution in [-0.4, -0.2) is 57.4 Å². The molecule has 8 nitrogen and oxygen atoms in total. The molecule has 3 atom stereocenters. The van der Waals surface area contributed by atoms with Crippen molar-refractivity contribution >= 4 is 20.4 Å². The van der Waals surface area contributed by atoms with E-state index in [9.17, 15) is 14.8 Å². The molecule has 1 aliphatic rings. The van der Waals surface area contributed by atoms with Crippen LogP contribution in [0.1, 0.15) is 0 Å². The van der Waals surface area contributed by atoms with Gasteiger partial charge in [0.1, 0.15) is 24.6 Å². The molecule has 0 aromatic carbocycles. The maximum Gasteiger partial charge on any atom is 0.469 e. The van der Waals surface area contributed by atoms with Crippen LogP contribution >= 0.6 is 7.82 Å². The monoisotopic (exact) mass is 238 g/mol. The molecule has 0 bridgehead atoms. The van der Waals surface area contributed by atoms with Crippen molar-refractivity contribution in [2.24, 2.45) is 9.98 Å². The highest BCUT2D eigenvalue weighted by molar-refractivity contribution is 7.46. The van der Waals surface area contributed by atoms with E-state index in [1.165, 1.54) is 12.6 Å². The van der Waals surface area contributed by atoms with Gasteiger partial charge in [0.25, 0.3) is 0 Å². The fourth-order valence-corrected chi connectivity index (χ4v) is 1.30. The highest BCUT2D eigenvalue weighted by Crippen LogP contribution is 2.35. The largest absolute Gasteiger partial charge is 0.469 e. The molecule has 0 aromatic heterocycles. The number of rotatable bonds is 5. The summed E-state index contributed by atoms with van der Waals surface area (Å²) in [5.74, 6) is 0. The Morgan fingerprint density at radius 2 is 2.13 bits per heavy atom. The molecule has 0 fully saturated rings. The van der Waals surface area contributed by atoms with Crippen molar-refractivity contribution in [3.8, 4) is 0 Å². The lowest BCUT2D eigenvalue weighted by atomic mass is 10.1. The maximum atomic E-state index is 10.3. The molecule has 0 saturated heterocycles. The number of aliphatic hydroxyl groups excluding tert-OH is 2. The Bertz CT molecular complexity index is 301. The molecule has 15 heavy (non-hydrogen) atoms. The van der Waals surface area contributed by atoms with E-state index in [-0.39, 0.29) is 0 Å². The minimum atomic E-state index is -4.63. The predicted octanol–water partition coefficient (Wildman–Crippen LogP) is -1.70. The number of hydrogen-bond donors (Lipinski definition) is 4. The molecule has 1 heterocycles. The summed E-state index contributed by atoms with van der Waals surface area (Å²) in [6, 6.07) is -0.708. The summed E-state index contributed by atoms with van der Waals surface area (Å²) in [6.07, 6.45) is -0.223. The van der Waals surface area contributed by atoms with Crippen molar-refractivity contribution in [2.45, 2.75) is 18.2 Å². The van der Waals surface area contributed by atoms with Crippen molar-refractivity contribution in [3.63, 3.8) is 0 Å². The Labute approximate surface area is 85.2 Å². The van der Waals surface area contributed by atoms with E-state index in [0.29, 0.717) is 0 Å². The molecule has 0 radical (unpaired) electrons. The molecular weight excluding hydrogens is 227 g/mol. The first-order chi connectivity index (χ1) is 6.90. The van der Waals surface area contributed by atoms with Crippen LogP contribution in [0, 0.1) is 0 Å². The lowest BCUT2D eigenvalue weighted by Crippen LogP contribution is -2.39. The lowest BCUT2D eigenvalue weighted by molar-refractivity contribution is -0.0150. The highest BCUT2D eigenvalue weighted by atomic mass is 31.2. The van der Waals surface area contributed by atoms with E-state index in [2.05, 4.69) is 14.5 Å². The molecule has 4 N–H and O–H groups in total. The molecule has 0 aromatic rings. The number of aliphatic imine (C=N–C) groups is 2. The summed E-state index contributed by atoms with van der Waals surface area (Å²) in [5, 5.41) is 18.7. The zero-order valence-corrected chi connectivity index (χ0v) is 8.44. The Morgan fingerprint density at radius 3 is 2.60 bits per heavy atom. The first-order valence-corrected chi connectivity index (χ1v) is 5.54. The van der Waals surface area contributed by atoms with Gasteiger partial charge >= 0.3 is 7.82 Å². The summed E-state index contributed by atoms with van der Waals surface area (Å²) in [4.78, 5) is 24.0. The van der Waals surface area contributed by atoms with E-state index < -0.39 is 32.7 Å². The van der Waals surface area contributed by atoms with Gasteiger partial charge in [-0.2, -0.15) is 0 Å². The van der Waals surface area contributed by atoms with Gasteiger partial charge in [0.2, 0.25) is 0 Å². The van der Waals surface area contributed by atoms with Crippen molar-refractivity contribution in [3.05, 3.63) is 0 Å². The van der Waals surface area contributed by atoms with Crippen LogP contribution in [0.3, 0.4) is 0 Å². The molecule has 0 amide bonds. The maximum absolute atomic E-state index is 10.3. The lowest BCUT2D eigenvalue weighted by Gasteiger charge is -2.19. The van der Waals surface area contributed by atoms with E-state index in [1.807, 2.05) is 0 Å². The Kier molecular flexibility index (Phi) is 4.09. The number of phosphoric acid groups is 1. The van der Waals surface area contributed by atoms with E-state index in [4.69, 9.17) is 9.79 Å². The van der Waals surface area contributed by atoms with Gasteiger partial charge in [-0.3, -0.25) is 9.52 Å².